The molecule has 88 valence electrons. The summed E-state index contributed by atoms with van der Waals surface area (Å²) in [6.45, 7) is 8.32. The zero-order valence-electron chi connectivity index (χ0n) is 9.76. The molecule has 1 atom stereocenters. The van der Waals surface area contributed by atoms with Crippen LogP contribution in [0.2, 0.25) is 0 Å². The molecule has 0 aromatic carbocycles. The van der Waals surface area contributed by atoms with Crippen molar-refractivity contribution in [3.8, 4) is 0 Å². The predicted molar refractivity (Wildman–Crippen MR) is 57.7 cm³/mol. The van der Waals surface area contributed by atoms with Gasteiger partial charge in [0.2, 0.25) is 5.91 Å². The molecule has 0 saturated heterocycles. The molecule has 5 nitrogen and oxygen atoms in total. The Labute approximate surface area is 90.2 Å². The van der Waals surface area contributed by atoms with Crippen LogP contribution in [-0.4, -0.2) is 29.7 Å². The molecule has 0 heterocycles. The molecule has 15 heavy (non-hydrogen) atoms. The molecule has 3 N–H and O–H groups in total. The summed E-state index contributed by atoms with van der Waals surface area (Å²) < 4.78 is 0. The molecule has 0 aromatic heterocycles. The Kier molecular flexibility index (Phi) is 5.11. The van der Waals surface area contributed by atoms with Crippen molar-refractivity contribution in [3.05, 3.63) is 0 Å². The molecule has 0 bridgehead atoms. The molecule has 0 saturated carbocycles. The van der Waals surface area contributed by atoms with Crippen molar-refractivity contribution in [1.82, 2.24) is 10.6 Å². The van der Waals surface area contributed by atoms with Gasteiger partial charge < -0.3 is 15.7 Å². The summed E-state index contributed by atoms with van der Waals surface area (Å²) in [7, 11) is 0. The number of hydrogen-bond donors (Lipinski definition) is 3. The number of carbonyl (C=O) groups is 2. The minimum Gasteiger partial charge on any atom is -0.465 e. The second-order valence-corrected chi connectivity index (χ2v) is 4.77. The third-order valence-electron chi connectivity index (χ3n) is 1.91. The lowest BCUT2D eigenvalue weighted by Gasteiger charge is -2.19. The number of rotatable bonds is 4. The van der Waals surface area contributed by atoms with Gasteiger partial charge in [-0.15, -0.1) is 0 Å². The van der Waals surface area contributed by atoms with E-state index < -0.39 is 12.1 Å². The van der Waals surface area contributed by atoms with Crippen LogP contribution < -0.4 is 10.6 Å². The average Bonchev–Trinajstić information content (AvgIpc) is 2.00. The van der Waals surface area contributed by atoms with E-state index >= 15 is 0 Å². The van der Waals surface area contributed by atoms with Crippen LogP contribution in [0.5, 0.6) is 0 Å². The maximum atomic E-state index is 11.3. The zero-order valence-corrected chi connectivity index (χ0v) is 9.76. The summed E-state index contributed by atoms with van der Waals surface area (Å²) >= 11 is 0. The molecule has 2 amide bonds. The van der Waals surface area contributed by atoms with Crippen LogP contribution in [0.1, 0.15) is 34.1 Å². The Bertz CT molecular complexity index is 233. The smallest absolute Gasteiger partial charge is 0.405 e. The molecular formula is C10H20N2O3. The van der Waals surface area contributed by atoms with Crippen LogP contribution in [0.15, 0.2) is 0 Å². The highest BCUT2D eigenvalue weighted by atomic mass is 16.4. The molecule has 0 rings (SSSR count). The monoisotopic (exact) mass is 216 g/mol. The van der Waals surface area contributed by atoms with Crippen molar-refractivity contribution in [3.63, 3.8) is 0 Å². The quantitative estimate of drug-likeness (QED) is 0.660. The third-order valence-corrected chi connectivity index (χ3v) is 1.91. The van der Waals surface area contributed by atoms with Crippen molar-refractivity contribution < 1.29 is 14.7 Å². The first-order valence-corrected chi connectivity index (χ1v) is 4.99. The van der Waals surface area contributed by atoms with Crippen molar-refractivity contribution in [2.24, 2.45) is 5.41 Å². The van der Waals surface area contributed by atoms with E-state index in [-0.39, 0.29) is 11.3 Å². The minimum absolute atomic E-state index is 0.163. The van der Waals surface area contributed by atoms with Crippen LogP contribution in [0, 0.1) is 5.41 Å². The zero-order chi connectivity index (χ0) is 12.1. The molecule has 0 aliphatic heterocycles. The molecular weight excluding hydrogens is 196 g/mol. The van der Waals surface area contributed by atoms with E-state index in [0.717, 1.165) is 6.42 Å². The highest BCUT2D eigenvalue weighted by Gasteiger charge is 2.15. The van der Waals surface area contributed by atoms with Crippen LogP contribution in [0.3, 0.4) is 0 Å². The fraction of sp³-hybridized carbons (Fsp3) is 0.800. The van der Waals surface area contributed by atoms with Gasteiger partial charge in [-0.1, -0.05) is 20.8 Å². The Balaban J connectivity index is 3.79. The van der Waals surface area contributed by atoms with E-state index in [9.17, 15) is 9.59 Å². The lowest BCUT2D eigenvalue weighted by molar-refractivity contribution is -0.122. The molecule has 0 aromatic rings. The molecule has 0 spiro atoms. The lowest BCUT2D eigenvalue weighted by atomic mass is 9.92. The van der Waals surface area contributed by atoms with Gasteiger partial charge in [-0.05, 0) is 18.8 Å². The van der Waals surface area contributed by atoms with E-state index in [1.54, 1.807) is 0 Å². The van der Waals surface area contributed by atoms with Crippen molar-refractivity contribution >= 4 is 12.0 Å². The average molecular weight is 216 g/mol. The summed E-state index contributed by atoms with van der Waals surface area (Å²) in [5, 5.41) is 13.2. The fourth-order valence-corrected chi connectivity index (χ4v) is 0.965. The van der Waals surface area contributed by atoms with Gasteiger partial charge >= 0.3 is 6.09 Å². The first kappa shape index (κ1) is 13.7. The summed E-state index contributed by atoms with van der Waals surface area (Å²) in [4.78, 5) is 21.6. The Morgan fingerprint density at radius 2 is 1.87 bits per heavy atom. The first-order valence-electron chi connectivity index (χ1n) is 4.99. The largest absolute Gasteiger partial charge is 0.465 e. The first-order chi connectivity index (χ1) is 6.72. The van der Waals surface area contributed by atoms with Crippen LogP contribution in [0.25, 0.3) is 0 Å². The Morgan fingerprint density at radius 1 is 1.33 bits per heavy atom. The van der Waals surface area contributed by atoms with Crippen molar-refractivity contribution in [1.29, 1.82) is 0 Å². The normalized spacial score (nSPS) is 13.1. The summed E-state index contributed by atoms with van der Waals surface area (Å²) in [5.41, 5.74) is 0.163. The number of hydrogen-bond acceptors (Lipinski definition) is 2. The second-order valence-electron chi connectivity index (χ2n) is 4.77. The van der Waals surface area contributed by atoms with Crippen LogP contribution in [-0.2, 0) is 4.79 Å². The van der Waals surface area contributed by atoms with Gasteiger partial charge in [0.1, 0.15) is 6.04 Å². The number of amides is 2. The summed E-state index contributed by atoms with van der Waals surface area (Å²) in [5.74, 6) is -0.290. The highest BCUT2D eigenvalue weighted by Crippen LogP contribution is 2.16. The van der Waals surface area contributed by atoms with Crippen molar-refractivity contribution in [2.45, 2.75) is 40.2 Å². The van der Waals surface area contributed by atoms with Gasteiger partial charge in [-0.25, -0.2) is 4.79 Å². The van der Waals surface area contributed by atoms with Gasteiger partial charge in [-0.2, -0.15) is 0 Å². The molecule has 0 aliphatic carbocycles. The van der Waals surface area contributed by atoms with E-state index in [1.807, 2.05) is 0 Å². The van der Waals surface area contributed by atoms with Gasteiger partial charge in [0.15, 0.2) is 0 Å². The SMILES string of the molecule is C[C@H](NC(=O)O)C(=O)NCCC(C)(C)C. The lowest BCUT2D eigenvalue weighted by Crippen LogP contribution is -2.44. The van der Waals surface area contributed by atoms with Gasteiger partial charge in [0.25, 0.3) is 0 Å². The Morgan fingerprint density at radius 3 is 2.27 bits per heavy atom. The predicted octanol–water partition coefficient (Wildman–Crippen LogP) is 1.19. The Hall–Kier alpha value is -1.26. The fourth-order valence-electron chi connectivity index (χ4n) is 0.965. The molecule has 5 heteroatoms. The number of carbonyl (C=O) groups excluding carboxylic acids is 1. The maximum Gasteiger partial charge on any atom is 0.405 e. The second kappa shape index (κ2) is 5.58. The summed E-state index contributed by atoms with van der Waals surface area (Å²) in [6.07, 6.45) is -0.327. The van der Waals surface area contributed by atoms with Gasteiger partial charge in [-0.3, -0.25) is 4.79 Å². The standard InChI is InChI=1S/C10H20N2O3/c1-7(12-9(14)15)8(13)11-6-5-10(2,3)4/h7,12H,5-6H2,1-4H3,(H,11,13)(H,14,15)/t7-/m0/s1. The molecule has 0 radical (unpaired) electrons. The maximum absolute atomic E-state index is 11.3. The van der Waals surface area contributed by atoms with Crippen LogP contribution in [0.4, 0.5) is 4.79 Å². The molecule has 0 fully saturated rings. The van der Waals surface area contributed by atoms with E-state index in [4.69, 9.17) is 5.11 Å². The molecule has 0 unspecified atom stereocenters. The van der Waals surface area contributed by atoms with E-state index in [0.29, 0.717) is 6.54 Å². The van der Waals surface area contributed by atoms with Crippen LogP contribution >= 0.6 is 0 Å². The van der Waals surface area contributed by atoms with Gasteiger partial charge in [0, 0.05) is 6.54 Å². The number of carboxylic acid groups (broad SMARTS) is 1. The molecule has 0 aliphatic rings. The van der Waals surface area contributed by atoms with E-state index in [1.165, 1.54) is 6.92 Å². The number of nitrogens with one attached hydrogen (secondary N) is 2. The highest BCUT2D eigenvalue weighted by molar-refractivity contribution is 5.84. The van der Waals surface area contributed by atoms with Crippen molar-refractivity contribution in [2.75, 3.05) is 6.54 Å². The third kappa shape index (κ3) is 7.78. The minimum atomic E-state index is -1.19. The van der Waals surface area contributed by atoms with E-state index in [2.05, 4.69) is 31.4 Å². The summed E-state index contributed by atoms with van der Waals surface area (Å²) in [6, 6.07) is -0.706. The van der Waals surface area contributed by atoms with Gasteiger partial charge in [0.05, 0.1) is 0 Å². The topological polar surface area (TPSA) is 78.4 Å².